The summed E-state index contributed by atoms with van der Waals surface area (Å²) in [6.45, 7) is -0.481. The van der Waals surface area contributed by atoms with Crippen LogP contribution in [0.2, 0.25) is 0 Å². The van der Waals surface area contributed by atoms with Crippen molar-refractivity contribution in [3.05, 3.63) is 23.7 Å². The molecule has 4 unspecified atom stereocenters. The van der Waals surface area contributed by atoms with Crippen molar-refractivity contribution in [3.8, 4) is 0 Å². The van der Waals surface area contributed by atoms with Gasteiger partial charge in [0.25, 0.3) is 0 Å². The summed E-state index contributed by atoms with van der Waals surface area (Å²) in [6.07, 6.45) is 0.301. The van der Waals surface area contributed by atoms with E-state index in [0.29, 0.717) is 25.7 Å². The average molecular weight is 423 g/mol. The molecule has 0 radical (unpaired) electrons. The topological polar surface area (TPSA) is 171 Å². The minimum Gasteiger partial charge on any atom is -0.461 e. The Bertz CT molecular complexity index is 413. The Morgan fingerprint density at radius 1 is 0.552 bits per heavy atom. The Morgan fingerprint density at radius 3 is 1.17 bits per heavy atom. The third kappa shape index (κ3) is 13.7. The number of hydrogen-bond acceptors (Lipinski definition) is 9. The zero-order chi connectivity index (χ0) is 22.1. The minimum absolute atomic E-state index is 0.0347. The molecule has 9 heteroatoms. The van der Waals surface area contributed by atoms with Crippen LogP contribution in [0.3, 0.4) is 0 Å². The van der Waals surface area contributed by atoms with Crippen molar-refractivity contribution in [1.82, 2.24) is 0 Å². The van der Waals surface area contributed by atoms with E-state index in [-0.39, 0.29) is 63.6 Å². The maximum atomic E-state index is 10.4. The van der Waals surface area contributed by atoms with Crippen molar-refractivity contribution in [2.24, 2.45) is 0 Å². The zero-order valence-electron chi connectivity index (χ0n) is 16.9. The zero-order valence-corrected chi connectivity index (χ0v) is 16.9. The van der Waals surface area contributed by atoms with Crippen molar-refractivity contribution in [1.29, 1.82) is 0 Å². The van der Waals surface area contributed by atoms with Gasteiger partial charge in [-0.2, -0.15) is 0 Å². The molecule has 9 nitrogen and oxygen atoms in total. The highest BCUT2D eigenvalue weighted by atomic mass is 16.5. The summed E-state index contributed by atoms with van der Waals surface area (Å²) in [5, 5.41) is 76.7. The van der Waals surface area contributed by atoms with Crippen LogP contribution in [-0.4, -0.2) is 91.7 Å². The molecule has 172 valence electrons. The summed E-state index contributed by atoms with van der Waals surface area (Å²) >= 11 is 0. The lowest BCUT2D eigenvalue weighted by Gasteiger charge is -2.23. The normalized spacial score (nSPS) is 17.1. The molecule has 0 rings (SSSR count). The van der Waals surface area contributed by atoms with Gasteiger partial charge in [-0.05, 0) is 63.5 Å². The third-order valence-electron chi connectivity index (χ3n) is 4.19. The lowest BCUT2D eigenvalue weighted by atomic mass is 10.1. The van der Waals surface area contributed by atoms with Gasteiger partial charge in [0, 0.05) is 26.4 Å². The number of rotatable bonds is 18. The van der Waals surface area contributed by atoms with Gasteiger partial charge in [-0.1, -0.05) is 0 Å². The second kappa shape index (κ2) is 17.8. The monoisotopic (exact) mass is 422 g/mol. The van der Waals surface area contributed by atoms with E-state index < -0.39 is 24.4 Å². The largest absolute Gasteiger partial charge is 0.461 e. The molecule has 0 aromatic carbocycles. The number of hydrogen-bond donors (Lipinski definition) is 8. The molecule has 0 fully saturated rings. The minimum atomic E-state index is -1.16. The van der Waals surface area contributed by atoms with Gasteiger partial charge in [-0.3, -0.25) is 0 Å². The molecule has 0 spiro atoms. The van der Waals surface area contributed by atoms with Crippen LogP contribution >= 0.6 is 0 Å². The summed E-state index contributed by atoms with van der Waals surface area (Å²) < 4.78 is 5.68. The van der Waals surface area contributed by atoms with E-state index in [1.807, 2.05) is 0 Å². The van der Waals surface area contributed by atoms with Gasteiger partial charge >= 0.3 is 0 Å². The van der Waals surface area contributed by atoms with Gasteiger partial charge < -0.3 is 45.6 Å². The Hall–Kier alpha value is -1.04. The molecular formula is C20H38O9. The van der Waals surface area contributed by atoms with Crippen LogP contribution < -0.4 is 0 Å². The van der Waals surface area contributed by atoms with Gasteiger partial charge in [0.15, 0.2) is 0 Å². The SMILES string of the molecule is OCCCC(O)C=C(OC(=CC(O)CCCO)C(O)CCCO)C(O)CCCO. The molecule has 0 saturated heterocycles. The van der Waals surface area contributed by atoms with E-state index >= 15 is 0 Å². The van der Waals surface area contributed by atoms with Crippen LogP contribution in [0.25, 0.3) is 0 Å². The molecule has 0 aromatic rings. The first-order valence-electron chi connectivity index (χ1n) is 10.2. The fraction of sp³-hybridized carbons (Fsp3) is 0.800. The molecular weight excluding hydrogens is 384 g/mol. The van der Waals surface area contributed by atoms with Crippen molar-refractivity contribution in [2.75, 3.05) is 26.4 Å². The lowest BCUT2D eigenvalue weighted by molar-refractivity contribution is 0.0685. The van der Waals surface area contributed by atoms with Crippen molar-refractivity contribution < 1.29 is 45.6 Å². The summed E-state index contributed by atoms with van der Waals surface area (Å²) in [5.74, 6) is -0.0694. The first-order valence-corrected chi connectivity index (χ1v) is 10.2. The predicted molar refractivity (Wildman–Crippen MR) is 107 cm³/mol. The van der Waals surface area contributed by atoms with Crippen LogP contribution in [0, 0.1) is 0 Å². The molecule has 0 aliphatic heterocycles. The smallest absolute Gasteiger partial charge is 0.131 e. The van der Waals surface area contributed by atoms with E-state index in [4.69, 9.17) is 25.2 Å². The fourth-order valence-electron chi connectivity index (χ4n) is 2.56. The van der Waals surface area contributed by atoms with Crippen molar-refractivity contribution in [3.63, 3.8) is 0 Å². The molecule has 0 bridgehead atoms. The quantitative estimate of drug-likeness (QED) is 0.133. The lowest BCUT2D eigenvalue weighted by Crippen LogP contribution is -2.22. The number of aliphatic hydroxyl groups excluding tert-OH is 8. The Morgan fingerprint density at radius 2 is 0.862 bits per heavy atom. The standard InChI is InChI=1S/C20H38O9/c21-9-1-5-15(25)13-19(17(27)7-3-11-23)29-20(18(28)8-4-12-24)14-16(26)6-2-10-22/h13-18,21-28H,1-12H2. The molecule has 4 atom stereocenters. The van der Waals surface area contributed by atoms with Crippen LogP contribution in [0.1, 0.15) is 51.4 Å². The van der Waals surface area contributed by atoms with E-state index in [9.17, 15) is 20.4 Å². The van der Waals surface area contributed by atoms with Crippen molar-refractivity contribution >= 4 is 0 Å². The Kier molecular flexibility index (Phi) is 17.1. The maximum absolute atomic E-state index is 10.4. The molecule has 0 aliphatic carbocycles. The average Bonchev–Trinajstić information content (AvgIpc) is 2.71. The van der Waals surface area contributed by atoms with Crippen LogP contribution in [-0.2, 0) is 4.74 Å². The van der Waals surface area contributed by atoms with Gasteiger partial charge in [-0.15, -0.1) is 0 Å². The Balaban J connectivity index is 5.55. The highest BCUT2D eigenvalue weighted by Crippen LogP contribution is 2.22. The second-order valence-electron chi connectivity index (χ2n) is 6.87. The summed E-state index contributed by atoms with van der Waals surface area (Å²) in [7, 11) is 0. The van der Waals surface area contributed by atoms with Gasteiger partial charge in [0.05, 0.1) is 12.2 Å². The van der Waals surface area contributed by atoms with Crippen LogP contribution in [0.4, 0.5) is 0 Å². The maximum Gasteiger partial charge on any atom is 0.131 e. The summed E-state index contributed by atoms with van der Waals surface area (Å²) in [4.78, 5) is 0. The van der Waals surface area contributed by atoms with Crippen LogP contribution in [0.5, 0.6) is 0 Å². The first-order chi connectivity index (χ1) is 13.9. The molecule has 0 aliphatic rings. The second-order valence-corrected chi connectivity index (χ2v) is 6.87. The predicted octanol–water partition coefficient (Wildman–Crippen LogP) is -0.696. The van der Waals surface area contributed by atoms with Gasteiger partial charge in [-0.25, -0.2) is 0 Å². The Labute approximate surface area is 172 Å². The van der Waals surface area contributed by atoms with E-state index in [1.165, 1.54) is 12.2 Å². The number of aliphatic hydroxyl groups is 8. The fourth-order valence-corrected chi connectivity index (χ4v) is 2.56. The van der Waals surface area contributed by atoms with E-state index in [2.05, 4.69) is 0 Å². The van der Waals surface area contributed by atoms with Crippen LogP contribution in [0.15, 0.2) is 23.7 Å². The molecule has 29 heavy (non-hydrogen) atoms. The summed E-state index contributed by atoms with van der Waals surface area (Å²) in [5.41, 5.74) is 0. The van der Waals surface area contributed by atoms with Gasteiger partial charge in [0.1, 0.15) is 23.7 Å². The highest BCUT2D eigenvalue weighted by Gasteiger charge is 2.21. The highest BCUT2D eigenvalue weighted by molar-refractivity contribution is 5.12. The molecule has 8 N–H and O–H groups in total. The third-order valence-corrected chi connectivity index (χ3v) is 4.19. The van der Waals surface area contributed by atoms with Gasteiger partial charge in [0.2, 0.25) is 0 Å². The number of ether oxygens (including phenoxy) is 1. The molecule has 0 heterocycles. The molecule has 0 amide bonds. The first kappa shape index (κ1) is 28.0. The summed E-state index contributed by atoms with van der Waals surface area (Å²) in [6, 6.07) is 0. The van der Waals surface area contributed by atoms with E-state index in [1.54, 1.807) is 0 Å². The molecule has 0 aromatic heterocycles. The van der Waals surface area contributed by atoms with E-state index in [0.717, 1.165) is 0 Å². The molecule has 0 saturated carbocycles. The van der Waals surface area contributed by atoms with Crippen molar-refractivity contribution in [2.45, 2.75) is 75.8 Å².